The van der Waals surface area contributed by atoms with Crippen LogP contribution < -0.4 is 0 Å². The molecule has 0 unspecified atom stereocenters. The summed E-state index contributed by atoms with van der Waals surface area (Å²) in [7, 11) is 0. The van der Waals surface area contributed by atoms with E-state index in [4.69, 9.17) is 0 Å². The van der Waals surface area contributed by atoms with Gasteiger partial charge in [-0.15, -0.1) is 0 Å². The Morgan fingerprint density at radius 3 is 2.91 bits per heavy atom. The third kappa shape index (κ3) is 1.63. The van der Waals surface area contributed by atoms with Crippen LogP contribution in [0.25, 0.3) is 0 Å². The van der Waals surface area contributed by atoms with Gasteiger partial charge < -0.3 is 4.98 Å². The summed E-state index contributed by atoms with van der Waals surface area (Å²) in [4.78, 5) is 5.57. The van der Waals surface area contributed by atoms with Crippen LogP contribution in [0.4, 0.5) is 0 Å². The van der Waals surface area contributed by atoms with E-state index >= 15 is 0 Å². The third-order valence-electron chi connectivity index (χ3n) is 2.19. The summed E-state index contributed by atoms with van der Waals surface area (Å²) in [5, 5.41) is 0. The van der Waals surface area contributed by atoms with E-state index in [1.165, 1.54) is 31.6 Å². The number of nitrogens with zero attached hydrogens (tertiary/aromatic N) is 1. The van der Waals surface area contributed by atoms with E-state index in [1.54, 1.807) is 0 Å². The molecule has 0 atom stereocenters. The van der Waals surface area contributed by atoms with Gasteiger partial charge in [-0.05, 0) is 38.1 Å². The standard InChI is InChI=1S/C9H13N2/c1-2-7-11(6-1)8-9-4-3-5-10-9/h3-4,10H,1-2,6-8H2. The molecule has 0 amide bonds. The maximum absolute atomic E-state index is 3.10. The zero-order valence-corrected chi connectivity index (χ0v) is 6.64. The molecule has 1 radical (unpaired) electrons. The summed E-state index contributed by atoms with van der Waals surface area (Å²) in [5.41, 5.74) is 1.28. The van der Waals surface area contributed by atoms with Crippen molar-refractivity contribution in [1.82, 2.24) is 9.88 Å². The molecule has 1 aromatic rings. The quantitative estimate of drug-likeness (QED) is 0.673. The van der Waals surface area contributed by atoms with Crippen LogP contribution in [0, 0.1) is 6.20 Å². The molecule has 1 aromatic heterocycles. The van der Waals surface area contributed by atoms with E-state index in [-0.39, 0.29) is 0 Å². The van der Waals surface area contributed by atoms with E-state index in [1.807, 2.05) is 6.07 Å². The van der Waals surface area contributed by atoms with Gasteiger partial charge in [0.05, 0.1) is 6.20 Å². The van der Waals surface area contributed by atoms with E-state index in [0.717, 1.165) is 6.54 Å². The average Bonchev–Trinajstić information content (AvgIpc) is 2.60. The fourth-order valence-corrected chi connectivity index (χ4v) is 1.59. The monoisotopic (exact) mass is 149 g/mol. The maximum Gasteiger partial charge on any atom is 0.0622 e. The topological polar surface area (TPSA) is 19.0 Å². The van der Waals surface area contributed by atoms with E-state index < -0.39 is 0 Å². The first-order valence-electron chi connectivity index (χ1n) is 4.21. The number of aromatic nitrogens is 1. The predicted molar refractivity (Wildman–Crippen MR) is 44.1 cm³/mol. The highest BCUT2D eigenvalue weighted by atomic mass is 15.1. The molecule has 1 aliphatic rings. The molecule has 0 bridgehead atoms. The molecule has 59 valence electrons. The van der Waals surface area contributed by atoms with E-state index in [9.17, 15) is 0 Å². The Kier molecular flexibility index (Phi) is 1.95. The van der Waals surface area contributed by atoms with Gasteiger partial charge in [0.25, 0.3) is 0 Å². The molecule has 1 aliphatic heterocycles. The summed E-state index contributed by atoms with van der Waals surface area (Å²) in [5.74, 6) is 0. The minimum Gasteiger partial charge on any atom is -0.356 e. The van der Waals surface area contributed by atoms with Gasteiger partial charge in [-0.25, -0.2) is 0 Å². The Labute approximate surface area is 67.2 Å². The molecule has 11 heavy (non-hydrogen) atoms. The van der Waals surface area contributed by atoms with Crippen molar-refractivity contribution in [3.8, 4) is 0 Å². The van der Waals surface area contributed by atoms with Crippen molar-refractivity contribution in [2.75, 3.05) is 13.1 Å². The Hall–Kier alpha value is -0.760. The van der Waals surface area contributed by atoms with Crippen LogP contribution in [0.5, 0.6) is 0 Å². The number of H-pyrrole nitrogens is 1. The Bertz CT molecular complexity index is 197. The first-order chi connectivity index (χ1) is 5.45. The molecule has 2 nitrogen and oxygen atoms in total. The van der Waals surface area contributed by atoms with Crippen LogP contribution in [0.1, 0.15) is 18.5 Å². The SMILES string of the molecule is [c]1ccc(CN2CCCC2)[nH]1. The second-order valence-electron chi connectivity index (χ2n) is 3.11. The number of likely N-dealkylation sites (tertiary alicyclic amines) is 1. The lowest BCUT2D eigenvalue weighted by Gasteiger charge is -2.12. The lowest BCUT2D eigenvalue weighted by atomic mass is 10.4. The minimum absolute atomic E-state index is 1.07. The zero-order chi connectivity index (χ0) is 7.52. The molecule has 1 fully saturated rings. The van der Waals surface area contributed by atoms with E-state index in [2.05, 4.69) is 22.1 Å². The summed E-state index contributed by atoms with van der Waals surface area (Å²) in [6.07, 6.45) is 5.68. The predicted octanol–water partition coefficient (Wildman–Crippen LogP) is 1.41. The Morgan fingerprint density at radius 2 is 2.27 bits per heavy atom. The zero-order valence-electron chi connectivity index (χ0n) is 6.64. The van der Waals surface area contributed by atoms with Gasteiger partial charge in [0.1, 0.15) is 0 Å². The molecular weight excluding hydrogens is 136 g/mol. The first-order valence-corrected chi connectivity index (χ1v) is 4.21. The molecule has 1 saturated heterocycles. The molecule has 2 heterocycles. The smallest absolute Gasteiger partial charge is 0.0622 e. The van der Waals surface area contributed by atoms with Crippen LogP contribution in [0.15, 0.2) is 12.1 Å². The van der Waals surface area contributed by atoms with Crippen molar-refractivity contribution in [2.24, 2.45) is 0 Å². The van der Waals surface area contributed by atoms with E-state index in [0.29, 0.717) is 0 Å². The van der Waals surface area contributed by atoms with Crippen molar-refractivity contribution >= 4 is 0 Å². The normalized spacial score (nSPS) is 19.3. The molecular formula is C9H13N2. The van der Waals surface area contributed by atoms with Crippen molar-refractivity contribution < 1.29 is 0 Å². The molecule has 0 spiro atoms. The summed E-state index contributed by atoms with van der Waals surface area (Å²) in [6.45, 7) is 3.60. The van der Waals surface area contributed by atoms with Crippen molar-refractivity contribution in [3.63, 3.8) is 0 Å². The lowest BCUT2D eigenvalue weighted by Crippen LogP contribution is -2.18. The van der Waals surface area contributed by atoms with Crippen molar-refractivity contribution in [1.29, 1.82) is 0 Å². The lowest BCUT2D eigenvalue weighted by molar-refractivity contribution is 0.328. The van der Waals surface area contributed by atoms with Crippen molar-refractivity contribution in [3.05, 3.63) is 24.0 Å². The molecule has 1 N–H and O–H groups in total. The Balaban J connectivity index is 1.90. The van der Waals surface area contributed by atoms with Gasteiger partial charge >= 0.3 is 0 Å². The molecule has 0 aliphatic carbocycles. The van der Waals surface area contributed by atoms with Gasteiger partial charge in [0.2, 0.25) is 0 Å². The first kappa shape index (κ1) is 6.92. The van der Waals surface area contributed by atoms with Gasteiger partial charge in [0, 0.05) is 12.2 Å². The molecule has 0 saturated carbocycles. The van der Waals surface area contributed by atoms with Crippen LogP contribution in [0.2, 0.25) is 0 Å². The van der Waals surface area contributed by atoms with Crippen LogP contribution >= 0.6 is 0 Å². The number of aromatic amines is 1. The second kappa shape index (κ2) is 3.09. The average molecular weight is 149 g/mol. The third-order valence-corrected chi connectivity index (χ3v) is 2.19. The van der Waals surface area contributed by atoms with Gasteiger partial charge in [-0.3, -0.25) is 4.90 Å². The van der Waals surface area contributed by atoms with Crippen LogP contribution in [-0.4, -0.2) is 23.0 Å². The Morgan fingerprint density at radius 1 is 1.45 bits per heavy atom. The van der Waals surface area contributed by atoms with Gasteiger partial charge in [-0.2, -0.15) is 0 Å². The molecule has 0 aromatic carbocycles. The van der Waals surface area contributed by atoms with Crippen LogP contribution in [-0.2, 0) is 6.54 Å². The number of hydrogen-bond acceptors (Lipinski definition) is 1. The highest BCUT2D eigenvalue weighted by Gasteiger charge is 2.11. The number of hydrogen-bond donors (Lipinski definition) is 1. The highest BCUT2D eigenvalue weighted by Crippen LogP contribution is 2.10. The largest absolute Gasteiger partial charge is 0.356 e. The summed E-state index contributed by atoms with van der Waals surface area (Å²) in [6, 6.07) is 4.03. The maximum atomic E-state index is 3.10. The molecule has 2 rings (SSSR count). The fraction of sp³-hybridized carbons (Fsp3) is 0.556. The highest BCUT2D eigenvalue weighted by molar-refractivity contribution is 5.02. The van der Waals surface area contributed by atoms with Gasteiger partial charge in [-0.1, -0.05) is 0 Å². The fourth-order valence-electron chi connectivity index (χ4n) is 1.59. The summed E-state index contributed by atoms with van der Waals surface area (Å²) < 4.78 is 0. The number of nitrogens with one attached hydrogen (secondary N) is 1. The van der Waals surface area contributed by atoms with Crippen LogP contribution in [0.3, 0.4) is 0 Å². The summed E-state index contributed by atoms with van der Waals surface area (Å²) >= 11 is 0. The molecule has 2 heteroatoms. The second-order valence-corrected chi connectivity index (χ2v) is 3.11. The minimum atomic E-state index is 1.07. The van der Waals surface area contributed by atoms with Crippen molar-refractivity contribution in [2.45, 2.75) is 19.4 Å². The number of rotatable bonds is 2. The van der Waals surface area contributed by atoms with Gasteiger partial charge in [0.15, 0.2) is 0 Å².